The van der Waals surface area contributed by atoms with Crippen LogP contribution in [0.15, 0.2) is 42.5 Å². The van der Waals surface area contributed by atoms with Crippen LogP contribution < -0.4 is 10.1 Å². The van der Waals surface area contributed by atoms with E-state index in [0.717, 1.165) is 16.5 Å². The van der Waals surface area contributed by atoms with Gasteiger partial charge < -0.3 is 10.1 Å². The lowest BCUT2D eigenvalue weighted by atomic mass is 10.1. The van der Waals surface area contributed by atoms with E-state index in [2.05, 4.69) is 19.2 Å². The number of benzene rings is 2. The van der Waals surface area contributed by atoms with Crippen LogP contribution in [0.25, 0.3) is 0 Å². The summed E-state index contributed by atoms with van der Waals surface area (Å²) in [6.45, 7) is 4.20. The molecule has 2 rings (SSSR count). The highest BCUT2D eigenvalue weighted by Gasteiger charge is 2.07. The van der Waals surface area contributed by atoms with E-state index in [9.17, 15) is 0 Å². The number of anilines is 1. The van der Waals surface area contributed by atoms with Crippen molar-refractivity contribution < 1.29 is 4.74 Å². The molecule has 0 bridgehead atoms. The van der Waals surface area contributed by atoms with Crippen LogP contribution >= 0.6 is 11.6 Å². The van der Waals surface area contributed by atoms with Gasteiger partial charge in [-0.2, -0.15) is 0 Å². The number of aryl methyl sites for hydroxylation is 1. The molecule has 1 unspecified atom stereocenters. The minimum absolute atomic E-state index is 0.226. The summed E-state index contributed by atoms with van der Waals surface area (Å²) in [5.41, 5.74) is 3.49. The Morgan fingerprint density at radius 2 is 1.79 bits per heavy atom. The van der Waals surface area contributed by atoms with Gasteiger partial charge in [0.2, 0.25) is 0 Å². The van der Waals surface area contributed by atoms with Gasteiger partial charge >= 0.3 is 0 Å². The molecule has 0 aromatic heterocycles. The third-order valence-corrected chi connectivity index (χ3v) is 3.43. The fourth-order valence-electron chi connectivity index (χ4n) is 1.99. The summed E-state index contributed by atoms with van der Waals surface area (Å²) in [6, 6.07) is 14.2. The van der Waals surface area contributed by atoms with Gasteiger partial charge in [0.15, 0.2) is 0 Å². The zero-order valence-corrected chi connectivity index (χ0v) is 12.2. The van der Waals surface area contributed by atoms with Crippen molar-refractivity contribution in [3.8, 4) is 5.75 Å². The van der Waals surface area contributed by atoms with Gasteiger partial charge in [-0.3, -0.25) is 0 Å². The zero-order valence-electron chi connectivity index (χ0n) is 11.4. The fraction of sp³-hybridized carbons (Fsp3) is 0.250. The molecule has 0 fully saturated rings. The van der Waals surface area contributed by atoms with Crippen molar-refractivity contribution >= 4 is 17.3 Å². The van der Waals surface area contributed by atoms with Crippen molar-refractivity contribution in [3.63, 3.8) is 0 Å². The maximum atomic E-state index is 5.90. The molecule has 2 aromatic rings. The summed E-state index contributed by atoms with van der Waals surface area (Å²) >= 11 is 5.90. The van der Waals surface area contributed by atoms with Crippen LogP contribution in [0.5, 0.6) is 5.75 Å². The van der Waals surface area contributed by atoms with Crippen molar-refractivity contribution in [2.24, 2.45) is 0 Å². The SMILES string of the molecule is COc1ccc(NC(C)c2ccc(Cl)cc2)c(C)c1. The second-order valence-corrected chi connectivity index (χ2v) is 5.03. The Bertz CT molecular complexity index is 551. The summed E-state index contributed by atoms with van der Waals surface area (Å²) in [7, 11) is 1.68. The van der Waals surface area contributed by atoms with E-state index in [-0.39, 0.29) is 6.04 Å². The second-order valence-electron chi connectivity index (χ2n) is 4.60. The maximum absolute atomic E-state index is 5.90. The number of halogens is 1. The van der Waals surface area contributed by atoms with E-state index in [4.69, 9.17) is 16.3 Å². The lowest BCUT2D eigenvalue weighted by Gasteiger charge is -2.18. The van der Waals surface area contributed by atoms with Gasteiger partial charge in [-0.1, -0.05) is 23.7 Å². The summed E-state index contributed by atoms with van der Waals surface area (Å²) in [5, 5.41) is 4.26. The van der Waals surface area contributed by atoms with Crippen LogP contribution in [-0.4, -0.2) is 7.11 Å². The van der Waals surface area contributed by atoms with Crippen molar-refractivity contribution in [1.82, 2.24) is 0 Å². The van der Waals surface area contributed by atoms with Crippen molar-refractivity contribution in [2.75, 3.05) is 12.4 Å². The molecule has 0 amide bonds. The zero-order chi connectivity index (χ0) is 13.8. The van der Waals surface area contributed by atoms with E-state index in [0.29, 0.717) is 0 Å². The summed E-state index contributed by atoms with van der Waals surface area (Å²) in [6.07, 6.45) is 0. The highest BCUT2D eigenvalue weighted by Crippen LogP contribution is 2.25. The molecule has 0 aliphatic rings. The van der Waals surface area contributed by atoms with E-state index >= 15 is 0 Å². The largest absolute Gasteiger partial charge is 0.497 e. The van der Waals surface area contributed by atoms with E-state index in [1.54, 1.807) is 7.11 Å². The van der Waals surface area contributed by atoms with E-state index in [1.165, 1.54) is 11.1 Å². The average molecular weight is 276 g/mol. The minimum atomic E-state index is 0.226. The van der Waals surface area contributed by atoms with Crippen LogP contribution in [0, 0.1) is 6.92 Å². The van der Waals surface area contributed by atoms with Crippen LogP contribution in [-0.2, 0) is 0 Å². The Morgan fingerprint density at radius 3 is 2.37 bits per heavy atom. The Hall–Kier alpha value is -1.67. The average Bonchev–Trinajstić information content (AvgIpc) is 2.41. The van der Waals surface area contributed by atoms with E-state index in [1.807, 2.05) is 42.5 Å². The molecule has 0 saturated heterocycles. The second kappa shape index (κ2) is 5.98. The molecule has 0 heterocycles. The summed E-state index contributed by atoms with van der Waals surface area (Å²) in [4.78, 5) is 0. The highest BCUT2D eigenvalue weighted by atomic mass is 35.5. The quantitative estimate of drug-likeness (QED) is 0.863. The van der Waals surface area contributed by atoms with Crippen LogP contribution in [0.2, 0.25) is 5.02 Å². The first-order chi connectivity index (χ1) is 9.10. The number of nitrogens with one attached hydrogen (secondary N) is 1. The molecule has 2 aromatic carbocycles. The first-order valence-electron chi connectivity index (χ1n) is 6.27. The van der Waals surface area contributed by atoms with Crippen LogP contribution in [0.4, 0.5) is 5.69 Å². The van der Waals surface area contributed by atoms with Crippen molar-refractivity contribution in [3.05, 3.63) is 58.6 Å². The van der Waals surface area contributed by atoms with Crippen molar-refractivity contribution in [1.29, 1.82) is 0 Å². The maximum Gasteiger partial charge on any atom is 0.119 e. The number of rotatable bonds is 4. The van der Waals surface area contributed by atoms with Gasteiger partial charge in [0.1, 0.15) is 5.75 Å². The Morgan fingerprint density at radius 1 is 1.11 bits per heavy atom. The van der Waals surface area contributed by atoms with E-state index < -0.39 is 0 Å². The summed E-state index contributed by atoms with van der Waals surface area (Å²) in [5.74, 6) is 0.877. The van der Waals surface area contributed by atoms with Gasteiger partial charge in [0.05, 0.1) is 7.11 Å². The molecule has 0 spiro atoms. The fourth-order valence-corrected chi connectivity index (χ4v) is 2.12. The molecular formula is C16H18ClNO. The van der Waals surface area contributed by atoms with Gasteiger partial charge in [-0.15, -0.1) is 0 Å². The minimum Gasteiger partial charge on any atom is -0.497 e. The number of ether oxygens (including phenoxy) is 1. The molecule has 100 valence electrons. The third-order valence-electron chi connectivity index (χ3n) is 3.18. The lowest BCUT2D eigenvalue weighted by molar-refractivity contribution is 0.414. The standard InChI is InChI=1S/C16H18ClNO/c1-11-10-15(19-3)8-9-16(11)18-12(2)13-4-6-14(17)7-5-13/h4-10,12,18H,1-3H3. The monoisotopic (exact) mass is 275 g/mol. The van der Waals surface area contributed by atoms with Crippen molar-refractivity contribution in [2.45, 2.75) is 19.9 Å². The number of hydrogen-bond donors (Lipinski definition) is 1. The van der Waals surface area contributed by atoms with Gasteiger partial charge in [0, 0.05) is 16.8 Å². The molecule has 0 aliphatic carbocycles. The predicted molar refractivity (Wildman–Crippen MR) is 81.2 cm³/mol. The molecule has 1 N–H and O–H groups in total. The first kappa shape index (κ1) is 13.8. The number of methoxy groups -OCH3 is 1. The highest BCUT2D eigenvalue weighted by molar-refractivity contribution is 6.30. The Kier molecular flexibility index (Phi) is 4.33. The topological polar surface area (TPSA) is 21.3 Å². The summed E-state index contributed by atoms with van der Waals surface area (Å²) < 4.78 is 5.21. The third kappa shape index (κ3) is 3.42. The predicted octanol–water partition coefficient (Wildman–Crippen LogP) is 4.83. The number of hydrogen-bond acceptors (Lipinski definition) is 2. The molecule has 19 heavy (non-hydrogen) atoms. The van der Waals surface area contributed by atoms with Gasteiger partial charge in [-0.25, -0.2) is 0 Å². The lowest BCUT2D eigenvalue weighted by Crippen LogP contribution is -2.07. The molecular weight excluding hydrogens is 258 g/mol. The molecule has 0 radical (unpaired) electrons. The smallest absolute Gasteiger partial charge is 0.119 e. The molecule has 2 nitrogen and oxygen atoms in total. The van der Waals surface area contributed by atoms with Crippen LogP contribution in [0.3, 0.4) is 0 Å². The molecule has 0 aliphatic heterocycles. The Balaban J connectivity index is 2.14. The Labute approximate surface area is 119 Å². The normalized spacial score (nSPS) is 12.0. The molecule has 3 heteroatoms. The molecule has 0 saturated carbocycles. The molecule has 1 atom stereocenters. The van der Waals surface area contributed by atoms with Gasteiger partial charge in [-0.05, 0) is 55.3 Å². The first-order valence-corrected chi connectivity index (χ1v) is 6.64. The van der Waals surface area contributed by atoms with Crippen LogP contribution in [0.1, 0.15) is 24.1 Å². The van der Waals surface area contributed by atoms with Gasteiger partial charge in [0.25, 0.3) is 0 Å².